The Bertz CT molecular complexity index is 1370. The fraction of sp³-hybridized carbons (Fsp3) is 0.357. The topological polar surface area (TPSA) is 125 Å². The van der Waals surface area contributed by atoms with Crippen molar-refractivity contribution in [3.05, 3.63) is 60.3 Å². The number of rotatable bonds is 8. The van der Waals surface area contributed by atoms with Crippen molar-refractivity contribution in [2.75, 3.05) is 62.8 Å². The van der Waals surface area contributed by atoms with Gasteiger partial charge in [-0.25, -0.2) is 14.8 Å². The van der Waals surface area contributed by atoms with Gasteiger partial charge in [0.2, 0.25) is 0 Å². The van der Waals surface area contributed by atoms with Crippen LogP contribution in [-0.2, 0) is 9.47 Å². The number of anilines is 3. The molecule has 2 N–H and O–H groups in total. The standard InChI is InChI=1S/C28H29N7O4/c29-14-20-13-19(1-6-25(20)38-18-24-15-31-28(36)39-24)27-30-8-7-26(33-27)32-21-2-4-22(5-3-21)34-9-11-35(12-10-34)23-16-37-17-23/h1-8,13,23-24H,9-12,15-18H2,(H,31,36)(H,30,32,33). The van der Waals surface area contributed by atoms with Gasteiger partial charge >= 0.3 is 6.09 Å². The number of nitrogens with one attached hydrogen (secondary N) is 2. The quantitative estimate of drug-likeness (QED) is 0.452. The number of alkyl carbamates (subject to hydrolysis) is 1. The van der Waals surface area contributed by atoms with E-state index >= 15 is 0 Å². The van der Waals surface area contributed by atoms with E-state index in [9.17, 15) is 10.1 Å². The number of piperazine rings is 1. The van der Waals surface area contributed by atoms with Gasteiger partial charge in [-0.2, -0.15) is 5.26 Å². The molecule has 3 aliphatic rings. The van der Waals surface area contributed by atoms with Gasteiger partial charge in [0.1, 0.15) is 24.2 Å². The zero-order chi connectivity index (χ0) is 26.6. The van der Waals surface area contributed by atoms with Crippen molar-refractivity contribution in [1.29, 1.82) is 5.26 Å². The minimum Gasteiger partial charge on any atom is -0.488 e. The highest BCUT2D eigenvalue weighted by atomic mass is 16.6. The molecular weight excluding hydrogens is 498 g/mol. The van der Waals surface area contributed by atoms with E-state index in [4.69, 9.17) is 14.2 Å². The molecule has 6 rings (SSSR count). The summed E-state index contributed by atoms with van der Waals surface area (Å²) in [5.41, 5.74) is 3.18. The number of nitrogens with zero attached hydrogens (tertiary/aromatic N) is 5. The predicted molar refractivity (Wildman–Crippen MR) is 144 cm³/mol. The van der Waals surface area contributed by atoms with E-state index in [0.29, 0.717) is 41.1 Å². The Balaban J connectivity index is 1.08. The summed E-state index contributed by atoms with van der Waals surface area (Å²) in [5, 5.41) is 15.6. The minimum absolute atomic E-state index is 0.160. The van der Waals surface area contributed by atoms with Crippen LogP contribution in [0, 0.1) is 11.3 Å². The lowest BCUT2D eigenvalue weighted by Crippen LogP contribution is -2.56. The molecule has 0 saturated carbocycles. The molecule has 2 aromatic carbocycles. The zero-order valence-electron chi connectivity index (χ0n) is 21.4. The Morgan fingerprint density at radius 1 is 1.10 bits per heavy atom. The summed E-state index contributed by atoms with van der Waals surface area (Å²) >= 11 is 0. The lowest BCUT2D eigenvalue weighted by molar-refractivity contribution is -0.0660. The Kier molecular flexibility index (Phi) is 7.12. The first-order chi connectivity index (χ1) is 19.1. The molecule has 1 unspecified atom stereocenters. The summed E-state index contributed by atoms with van der Waals surface area (Å²) in [6, 6.07) is 18.1. The van der Waals surface area contributed by atoms with E-state index in [1.54, 1.807) is 30.5 Å². The lowest BCUT2D eigenvalue weighted by atomic mass is 10.1. The van der Waals surface area contributed by atoms with Crippen molar-refractivity contribution in [3.63, 3.8) is 0 Å². The van der Waals surface area contributed by atoms with Gasteiger partial charge in [0.25, 0.3) is 0 Å². The number of carbonyl (C=O) groups excluding carboxylic acids is 1. The van der Waals surface area contributed by atoms with E-state index in [0.717, 1.165) is 45.1 Å². The Hall–Kier alpha value is -4.40. The lowest BCUT2D eigenvalue weighted by Gasteiger charge is -2.43. The highest BCUT2D eigenvalue weighted by Crippen LogP contribution is 2.27. The van der Waals surface area contributed by atoms with E-state index in [1.165, 1.54) is 5.69 Å². The normalized spacial score (nSPS) is 19.5. The van der Waals surface area contributed by atoms with Crippen LogP contribution in [0.25, 0.3) is 11.4 Å². The van der Waals surface area contributed by atoms with Crippen molar-refractivity contribution < 1.29 is 19.0 Å². The average Bonchev–Trinajstić information content (AvgIpc) is 3.37. The molecule has 0 radical (unpaired) electrons. The zero-order valence-corrected chi connectivity index (χ0v) is 21.4. The first-order valence-electron chi connectivity index (χ1n) is 13.0. The van der Waals surface area contributed by atoms with Crippen LogP contribution < -0.4 is 20.3 Å². The Labute approximate surface area is 226 Å². The van der Waals surface area contributed by atoms with Crippen LogP contribution in [0.4, 0.5) is 22.0 Å². The summed E-state index contributed by atoms with van der Waals surface area (Å²) in [7, 11) is 0. The molecule has 0 bridgehead atoms. The van der Waals surface area contributed by atoms with Crippen LogP contribution in [0.3, 0.4) is 0 Å². The highest BCUT2D eigenvalue weighted by molar-refractivity contribution is 5.69. The number of benzene rings is 2. The van der Waals surface area contributed by atoms with E-state index < -0.39 is 6.09 Å². The molecular formula is C28H29N7O4. The summed E-state index contributed by atoms with van der Waals surface area (Å²) in [6.45, 7) is 6.41. The van der Waals surface area contributed by atoms with Crippen LogP contribution in [0.5, 0.6) is 5.75 Å². The SMILES string of the molecule is N#Cc1cc(-c2nccc(Nc3ccc(N4CCN(C5COC5)CC4)cc3)n2)ccc1OCC1CNC(=O)O1. The number of amides is 1. The Morgan fingerprint density at radius 2 is 1.92 bits per heavy atom. The molecule has 3 aliphatic heterocycles. The molecule has 3 saturated heterocycles. The number of nitriles is 1. The first-order valence-corrected chi connectivity index (χ1v) is 13.0. The summed E-state index contributed by atoms with van der Waals surface area (Å²) in [5.74, 6) is 1.55. The molecule has 11 heteroatoms. The van der Waals surface area contributed by atoms with Gasteiger partial charge in [0.05, 0.1) is 31.4 Å². The number of cyclic esters (lactones) is 1. The molecule has 3 fully saturated rings. The van der Waals surface area contributed by atoms with Crippen LogP contribution >= 0.6 is 0 Å². The third-order valence-electron chi connectivity index (χ3n) is 7.14. The number of hydrogen-bond donors (Lipinski definition) is 2. The van der Waals surface area contributed by atoms with Crippen LogP contribution in [0.2, 0.25) is 0 Å². The van der Waals surface area contributed by atoms with Gasteiger partial charge in [-0.05, 0) is 48.5 Å². The molecule has 39 heavy (non-hydrogen) atoms. The van der Waals surface area contributed by atoms with Gasteiger partial charge in [0.15, 0.2) is 11.9 Å². The molecule has 0 spiro atoms. The highest BCUT2D eigenvalue weighted by Gasteiger charge is 2.29. The fourth-order valence-electron chi connectivity index (χ4n) is 4.84. The maximum Gasteiger partial charge on any atom is 0.407 e. The van der Waals surface area contributed by atoms with E-state index in [2.05, 4.69) is 60.7 Å². The number of hydrogen-bond acceptors (Lipinski definition) is 10. The van der Waals surface area contributed by atoms with Crippen molar-refractivity contribution in [2.24, 2.45) is 0 Å². The summed E-state index contributed by atoms with van der Waals surface area (Å²) in [4.78, 5) is 25.2. The summed E-state index contributed by atoms with van der Waals surface area (Å²) in [6.07, 6.45) is 0.834. The maximum atomic E-state index is 11.2. The van der Waals surface area contributed by atoms with E-state index in [1.807, 2.05) is 0 Å². The molecule has 1 atom stereocenters. The van der Waals surface area contributed by atoms with Crippen molar-refractivity contribution in [3.8, 4) is 23.2 Å². The molecule has 0 aliphatic carbocycles. The monoisotopic (exact) mass is 527 g/mol. The van der Waals surface area contributed by atoms with Crippen LogP contribution in [0.15, 0.2) is 54.7 Å². The molecule has 3 aromatic rings. The first kappa shape index (κ1) is 24.9. The number of ether oxygens (including phenoxy) is 3. The van der Waals surface area contributed by atoms with Crippen LogP contribution in [0.1, 0.15) is 5.56 Å². The van der Waals surface area contributed by atoms with Gasteiger partial charge in [-0.1, -0.05) is 0 Å². The fourth-order valence-corrected chi connectivity index (χ4v) is 4.84. The molecule has 200 valence electrons. The smallest absolute Gasteiger partial charge is 0.407 e. The van der Waals surface area contributed by atoms with Gasteiger partial charge in [-0.3, -0.25) is 4.90 Å². The molecule has 1 aromatic heterocycles. The van der Waals surface area contributed by atoms with Crippen molar-refractivity contribution in [2.45, 2.75) is 12.1 Å². The predicted octanol–water partition coefficient (Wildman–Crippen LogP) is 2.77. The average molecular weight is 528 g/mol. The molecule has 1 amide bonds. The van der Waals surface area contributed by atoms with E-state index in [-0.39, 0.29) is 12.7 Å². The van der Waals surface area contributed by atoms with Crippen molar-refractivity contribution in [1.82, 2.24) is 20.2 Å². The third kappa shape index (κ3) is 5.72. The maximum absolute atomic E-state index is 11.2. The second kappa shape index (κ2) is 11.1. The number of aromatic nitrogens is 2. The van der Waals surface area contributed by atoms with Crippen LogP contribution in [-0.4, -0.2) is 85.7 Å². The van der Waals surface area contributed by atoms with Gasteiger partial charge in [0, 0.05) is 49.3 Å². The largest absolute Gasteiger partial charge is 0.488 e. The molecule has 11 nitrogen and oxygen atoms in total. The Morgan fingerprint density at radius 3 is 2.62 bits per heavy atom. The van der Waals surface area contributed by atoms with Gasteiger partial charge in [-0.15, -0.1) is 0 Å². The third-order valence-corrected chi connectivity index (χ3v) is 7.14. The summed E-state index contributed by atoms with van der Waals surface area (Å²) < 4.78 is 16.1. The second-order valence-corrected chi connectivity index (χ2v) is 9.69. The number of carbonyl (C=O) groups is 1. The second-order valence-electron chi connectivity index (χ2n) is 9.69. The minimum atomic E-state index is -0.463. The molecule has 4 heterocycles. The van der Waals surface area contributed by atoms with Crippen molar-refractivity contribution >= 4 is 23.3 Å². The van der Waals surface area contributed by atoms with Gasteiger partial charge < -0.3 is 29.7 Å².